The lowest BCUT2D eigenvalue weighted by Gasteiger charge is -2.35. The van der Waals surface area contributed by atoms with E-state index < -0.39 is 0 Å². The van der Waals surface area contributed by atoms with Gasteiger partial charge in [-0.1, -0.05) is 12.8 Å². The van der Waals surface area contributed by atoms with Gasteiger partial charge in [-0.15, -0.1) is 0 Å². The van der Waals surface area contributed by atoms with E-state index in [2.05, 4.69) is 5.32 Å². The van der Waals surface area contributed by atoms with E-state index in [-0.39, 0.29) is 11.9 Å². The molecule has 1 saturated carbocycles. The standard InChI is InChI=1S/C19H27N3O4/c1-25-15-7-8-16(17(13-15)26-2)18(23)21-9-11-22(12-10-21)19(24)20-14-5-3-4-6-14/h7-8,13-14H,3-6,9-12H2,1-2H3,(H,20,24). The van der Waals surface area contributed by atoms with Crippen molar-refractivity contribution < 1.29 is 19.1 Å². The zero-order chi connectivity index (χ0) is 18.5. The average molecular weight is 361 g/mol. The molecule has 1 aromatic rings. The SMILES string of the molecule is COc1ccc(C(=O)N2CCN(C(=O)NC3CCCC3)CC2)c(OC)c1. The Balaban J connectivity index is 1.57. The van der Waals surface area contributed by atoms with Gasteiger partial charge in [0, 0.05) is 38.3 Å². The van der Waals surface area contributed by atoms with Crippen LogP contribution in [0.25, 0.3) is 0 Å². The smallest absolute Gasteiger partial charge is 0.317 e. The number of ether oxygens (including phenoxy) is 2. The van der Waals surface area contributed by atoms with Crippen molar-refractivity contribution in [2.45, 2.75) is 31.7 Å². The predicted octanol–water partition coefficient (Wildman–Crippen LogP) is 2.11. The third kappa shape index (κ3) is 4.03. The Morgan fingerprint density at radius 1 is 1.00 bits per heavy atom. The maximum absolute atomic E-state index is 12.8. The van der Waals surface area contributed by atoms with Crippen LogP contribution in [0.2, 0.25) is 0 Å². The predicted molar refractivity (Wildman–Crippen MR) is 97.8 cm³/mol. The molecule has 3 rings (SSSR count). The van der Waals surface area contributed by atoms with Gasteiger partial charge in [-0.25, -0.2) is 4.79 Å². The molecule has 1 aliphatic heterocycles. The lowest BCUT2D eigenvalue weighted by atomic mass is 10.1. The summed E-state index contributed by atoms with van der Waals surface area (Å²) in [6.45, 7) is 2.13. The van der Waals surface area contributed by atoms with E-state index in [0.717, 1.165) is 12.8 Å². The van der Waals surface area contributed by atoms with Crippen molar-refractivity contribution in [2.24, 2.45) is 0 Å². The number of nitrogens with one attached hydrogen (secondary N) is 1. The van der Waals surface area contributed by atoms with E-state index in [9.17, 15) is 9.59 Å². The quantitative estimate of drug-likeness (QED) is 0.892. The van der Waals surface area contributed by atoms with Gasteiger partial charge in [0.2, 0.25) is 0 Å². The monoisotopic (exact) mass is 361 g/mol. The summed E-state index contributed by atoms with van der Waals surface area (Å²) in [5, 5.41) is 3.10. The van der Waals surface area contributed by atoms with Crippen LogP contribution in [0, 0.1) is 0 Å². The van der Waals surface area contributed by atoms with Gasteiger partial charge < -0.3 is 24.6 Å². The molecule has 1 aliphatic carbocycles. The van der Waals surface area contributed by atoms with Crippen LogP contribution in [-0.2, 0) is 0 Å². The van der Waals surface area contributed by atoms with Crippen LogP contribution in [0.1, 0.15) is 36.0 Å². The first-order chi connectivity index (χ1) is 12.6. The molecule has 2 aliphatic rings. The van der Waals surface area contributed by atoms with Gasteiger partial charge in [-0.3, -0.25) is 4.79 Å². The molecule has 26 heavy (non-hydrogen) atoms. The van der Waals surface area contributed by atoms with Crippen molar-refractivity contribution in [1.29, 1.82) is 0 Å². The van der Waals surface area contributed by atoms with Gasteiger partial charge in [-0.05, 0) is 25.0 Å². The van der Waals surface area contributed by atoms with Gasteiger partial charge in [-0.2, -0.15) is 0 Å². The first kappa shape index (κ1) is 18.4. The molecule has 0 unspecified atom stereocenters. The van der Waals surface area contributed by atoms with E-state index in [1.54, 1.807) is 35.1 Å². The molecule has 0 spiro atoms. The number of carbonyl (C=O) groups excluding carboxylic acids is 2. The number of hydrogen-bond acceptors (Lipinski definition) is 4. The zero-order valence-corrected chi connectivity index (χ0v) is 15.5. The highest BCUT2D eigenvalue weighted by Gasteiger charge is 2.28. The van der Waals surface area contributed by atoms with E-state index in [0.29, 0.717) is 49.3 Å². The molecule has 3 amide bonds. The molecular formula is C19H27N3O4. The molecule has 142 valence electrons. The van der Waals surface area contributed by atoms with Crippen LogP contribution in [0.15, 0.2) is 18.2 Å². The fourth-order valence-corrected chi connectivity index (χ4v) is 3.59. The van der Waals surface area contributed by atoms with Crippen molar-refractivity contribution in [3.63, 3.8) is 0 Å². The molecule has 0 aromatic heterocycles. The van der Waals surface area contributed by atoms with Crippen molar-refractivity contribution in [3.05, 3.63) is 23.8 Å². The Hall–Kier alpha value is -2.44. The highest BCUT2D eigenvalue weighted by molar-refractivity contribution is 5.97. The Kier molecular flexibility index (Phi) is 5.85. The third-order valence-electron chi connectivity index (χ3n) is 5.18. The fraction of sp³-hybridized carbons (Fsp3) is 0.579. The molecule has 0 radical (unpaired) electrons. The molecule has 1 aromatic carbocycles. The summed E-state index contributed by atoms with van der Waals surface area (Å²) in [6.07, 6.45) is 4.52. The van der Waals surface area contributed by atoms with Crippen molar-refractivity contribution in [2.75, 3.05) is 40.4 Å². The van der Waals surface area contributed by atoms with E-state index in [4.69, 9.17) is 9.47 Å². The van der Waals surface area contributed by atoms with Gasteiger partial charge >= 0.3 is 6.03 Å². The number of rotatable bonds is 4. The Morgan fingerprint density at radius 2 is 1.65 bits per heavy atom. The normalized spacial score (nSPS) is 17.9. The third-order valence-corrected chi connectivity index (χ3v) is 5.18. The Morgan fingerprint density at radius 3 is 2.27 bits per heavy atom. The highest BCUT2D eigenvalue weighted by atomic mass is 16.5. The molecule has 7 heteroatoms. The molecule has 1 saturated heterocycles. The second-order valence-electron chi connectivity index (χ2n) is 6.78. The number of hydrogen-bond donors (Lipinski definition) is 1. The van der Waals surface area contributed by atoms with E-state index in [1.807, 2.05) is 0 Å². The minimum Gasteiger partial charge on any atom is -0.497 e. The van der Waals surface area contributed by atoms with E-state index >= 15 is 0 Å². The molecule has 0 bridgehead atoms. The molecule has 0 atom stereocenters. The fourth-order valence-electron chi connectivity index (χ4n) is 3.59. The van der Waals surface area contributed by atoms with Crippen molar-refractivity contribution >= 4 is 11.9 Å². The number of amides is 3. The van der Waals surface area contributed by atoms with Gasteiger partial charge in [0.15, 0.2) is 0 Å². The summed E-state index contributed by atoms with van der Waals surface area (Å²) in [5.74, 6) is 1.06. The summed E-state index contributed by atoms with van der Waals surface area (Å²) in [6, 6.07) is 5.48. The number of piperazine rings is 1. The number of methoxy groups -OCH3 is 2. The number of carbonyl (C=O) groups is 2. The highest BCUT2D eigenvalue weighted by Crippen LogP contribution is 2.26. The van der Waals surface area contributed by atoms with Crippen LogP contribution in [0.4, 0.5) is 4.79 Å². The summed E-state index contributed by atoms with van der Waals surface area (Å²) >= 11 is 0. The second kappa shape index (κ2) is 8.29. The maximum atomic E-state index is 12.8. The molecule has 7 nitrogen and oxygen atoms in total. The first-order valence-electron chi connectivity index (χ1n) is 9.19. The van der Waals surface area contributed by atoms with Gasteiger partial charge in [0.1, 0.15) is 11.5 Å². The first-order valence-corrected chi connectivity index (χ1v) is 9.19. The van der Waals surface area contributed by atoms with Gasteiger partial charge in [0.25, 0.3) is 5.91 Å². The Labute approximate surface area is 154 Å². The molecule has 1 N–H and O–H groups in total. The van der Waals surface area contributed by atoms with E-state index in [1.165, 1.54) is 20.0 Å². The summed E-state index contributed by atoms with van der Waals surface area (Å²) in [4.78, 5) is 28.7. The summed E-state index contributed by atoms with van der Waals surface area (Å²) < 4.78 is 10.5. The zero-order valence-electron chi connectivity index (χ0n) is 15.5. The lowest BCUT2D eigenvalue weighted by Crippen LogP contribution is -2.54. The topological polar surface area (TPSA) is 71.1 Å². The van der Waals surface area contributed by atoms with Crippen LogP contribution < -0.4 is 14.8 Å². The molecular weight excluding hydrogens is 334 g/mol. The minimum atomic E-state index is -0.0830. The van der Waals surface area contributed by atoms with Crippen LogP contribution in [0.5, 0.6) is 11.5 Å². The number of nitrogens with zero attached hydrogens (tertiary/aromatic N) is 2. The van der Waals surface area contributed by atoms with Crippen molar-refractivity contribution in [3.8, 4) is 11.5 Å². The van der Waals surface area contributed by atoms with Crippen LogP contribution in [-0.4, -0.2) is 68.2 Å². The second-order valence-corrected chi connectivity index (χ2v) is 6.78. The van der Waals surface area contributed by atoms with Crippen LogP contribution >= 0.6 is 0 Å². The maximum Gasteiger partial charge on any atom is 0.317 e. The number of urea groups is 1. The molecule has 1 heterocycles. The van der Waals surface area contributed by atoms with Crippen molar-refractivity contribution in [1.82, 2.24) is 15.1 Å². The lowest BCUT2D eigenvalue weighted by molar-refractivity contribution is 0.0660. The minimum absolute atomic E-state index is 0.00831. The van der Waals surface area contributed by atoms with Crippen LogP contribution in [0.3, 0.4) is 0 Å². The molecule has 2 fully saturated rings. The summed E-state index contributed by atoms with van der Waals surface area (Å²) in [5.41, 5.74) is 0.511. The Bertz CT molecular complexity index is 650. The summed E-state index contributed by atoms with van der Waals surface area (Å²) in [7, 11) is 3.11. The van der Waals surface area contributed by atoms with Gasteiger partial charge in [0.05, 0.1) is 19.8 Å². The number of benzene rings is 1. The average Bonchev–Trinajstić information content (AvgIpc) is 3.20. The largest absolute Gasteiger partial charge is 0.497 e.